The van der Waals surface area contributed by atoms with Crippen molar-refractivity contribution >= 4 is 34.4 Å². The average Bonchev–Trinajstić information content (AvgIpc) is 2.15. The largest absolute Gasteiger partial charge is 0.380 e. The lowest BCUT2D eigenvalue weighted by molar-refractivity contribution is -0.140. The van der Waals surface area contributed by atoms with E-state index < -0.39 is 5.97 Å². The van der Waals surface area contributed by atoms with Gasteiger partial charge in [-0.15, -0.1) is 0 Å². The highest BCUT2D eigenvalue weighted by molar-refractivity contribution is 14.1. The first-order valence-electron chi connectivity index (χ1n) is 3.86. The molecule has 0 unspecified atom stereocenters. The maximum atomic E-state index is 10.4. The van der Waals surface area contributed by atoms with Crippen molar-refractivity contribution < 1.29 is 9.63 Å². The van der Waals surface area contributed by atoms with E-state index in [0.717, 1.165) is 9.13 Å². The molecule has 0 spiro atoms. The first kappa shape index (κ1) is 11.0. The molecule has 2 N–H and O–H groups in total. The molecule has 0 bridgehead atoms. The topological polar surface area (TPSA) is 64.7 Å². The van der Waals surface area contributed by atoms with E-state index in [9.17, 15) is 4.79 Å². The van der Waals surface area contributed by atoms with E-state index in [1.165, 1.54) is 6.92 Å². The van der Waals surface area contributed by atoms with Gasteiger partial charge < -0.3 is 10.6 Å². The Kier molecular flexibility index (Phi) is 3.87. The Morgan fingerprint density at radius 2 is 2.00 bits per heavy atom. The zero-order valence-electron chi connectivity index (χ0n) is 7.53. The highest BCUT2D eigenvalue weighted by atomic mass is 127. The predicted octanol–water partition coefficient (Wildman–Crippen LogP) is 1.47. The summed E-state index contributed by atoms with van der Waals surface area (Å²) in [6.07, 6.45) is 0. The third-order valence-corrected chi connectivity index (χ3v) is 2.13. The van der Waals surface area contributed by atoms with Crippen LogP contribution < -0.4 is 5.73 Å². The molecule has 0 aromatic heterocycles. The van der Waals surface area contributed by atoms with Crippen LogP contribution in [0.1, 0.15) is 12.5 Å². The van der Waals surface area contributed by atoms with Gasteiger partial charge in [-0.3, -0.25) is 0 Å². The summed E-state index contributed by atoms with van der Waals surface area (Å²) in [5.74, 6) is -0.296. The van der Waals surface area contributed by atoms with Crippen molar-refractivity contribution in [3.05, 3.63) is 33.4 Å². The Bertz CT molecular complexity index is 360. The molecular weight excluding hydrogens is 295 g/mol. The van der Waals surface area contributed by atoms with Crippen molar-refractivity contribution in [3.63, 3.8) is 0 Å². The minimum Gasteiger partial charge on any atom is -0.380 e. The van der Waals surface area contributed by atoms with Crippen LogP contribution in [0.5, 0.6) is 0 Å². The molecule has 14 heavy (non-hydrogen) atoms. The van der Waals surface area contributed by atoms with Crippen molar-refractivity contribution in [1.82, 2.24) is 0 Å². The van der Waals surface area contributed by atoms with Crippen LogP contribution in [-0.4, -0.2) is 11.8 Å². The molecule has 0 amide bonds. The van der Waals surface area contributed by atoms with Gasteiger partial charge in [0, 0.05) is 16.1 Å². The molecule has 0 aliphatic carbocycles. The van der Waals surface area contributed by atoms with Crippen molar-refractivity contribution in [3.8, 4) is 0 Å². The van der Waals surface area contributed by atoms with Crippen LogP contribution >= 0.6 is 22.6 Å². The predicted molar refractivity (Wildman–Crippen MR) is 61.6 cm³/mol. The number of amidine groups is 1. The number of carbonyl (C=O) groups excluding carboxylic acids is 1. The number of hydrogen-bond acceptors (Lipinski definition) is 3. The Labute approximate surface area is 95.3 Å². The Balaban J connectivity index is 2.78. The Morgan fingerprint density at radius 3 is 2.50 bits per heavy atom. The SMILES string of the molecule is CC(=O)ON=C(N)c1ccc(I)cc1. The fraction of sp³-hybridized carbons (Fsp3) is 0.111. The number of hydrogen-bond donors (Lipinski definition) is 1. The van der Waals surface area contributed by atoms with Gasteiger partial charge in [0.1, 0.15) is 0 Å². The molecule has 5 heteroatoms. The minimum absolute atomic E-state index is 0.191. The third-order valence-electron chi connectivity index (χ3n) is 1.41. The molecule has 0 aliphatic rings. The zero-order valence-corrected chi connectivity index (χ0v) is 9.69. The van der Waals surface area contributed by atoms with E-state index >= 15 is 0 Å². The lowest BCUT2D eigenvalue weighted by Crippen LogP contribution is -2.14. The molecule has 1 aromatic carbocycles. The van der Waals surface area contributed by atoms with E-state index in [1.807, 2.05) is 24.3 Å². The summed E-state index contributed by atoms with van der Waals surface area (Å²) in [6.45, 7) is 1.27. The van der Waals surface area contributed by atoms with Crippen molar-refractivity contribution in [2.24, 2.45) is 10.9 Å². The lowest BCUT2D eigenvalue weighted by atomic mass is 10.2. The molecule has 1 aromatic rings. The Hall–Kier alpha value is -1.11. The van der Waals surface area contributed by atoms with Crippen LogP contribution in [0.15, 0.2) is 29.4 Å². The minimum atomic E-state index is -0.488. The van der Waals surface area contributed by atoms with Gasteiger partial charge in [-0.1, -0.05) is 17.3 Å². The fourth-order valence-electron chi connectivity index (χ4n) is 0.787. The maximum absolute atomic E-state index is 10.4. The Morgan fingerprint density at radius 1 is 1.43 bits per heavy atom. The molecule has 4 nitrogen and oxygen atoms in total. The summed E-state index contributed by atoms with van der Waals surface area (Å²) < 4.78 is 1.10. The van der Waals surface area contributed by atoms with E-state index in [4.69, 9.17) is 5.73 Å². The smallest absolute Gasteiger partial charge is 0.332 e. The van der Waals surface area contributed by atoms with Gasteiger partial charge in [0.25, 0.3) is 0 Å². The average molecular weight is 304 g/mol. The van der Waals surface area contributed by atoms with Gasteiger partial charge in [-0.25, -0.2) is 4.79 Å². The van der Waals surface area contributed by atoms with Gasteiger partial charge >= 0.3 is 5.97 Å². The molecule has 74 valence electrons. The summed E-state index contributed by atoms with van der Waals surface area (Å²) in [5, 5.41) is 3.47. The van der Waals surface area contributed by atoms with Crippen LogP contribution in [0.2, 0.25) is 0 Å². The summed E-state index contributed by atoms with van der Waals surface area (Å²) in [6, 6.07) is 7.41. The van der Waals surface area contributed by atoms with E-state index in [0.29, 0.717) is 0 Å². The van der Waals surface area contributed by atoms with Crippen molar-refractivity contribution in [1.29, 1.82) is 0 Å². The first-order chi connectivity index (χ1) is 6.59. The van der Waals surface area contributed by atoms with Gasteiger partial charge in [0.15, 0.2) is 5.84 Å². The molecule has 0 saturated heterocycles. The van der Waals surface area contributed by atoms with Crippen LogP contribution in [0.4, 0.5) is 0 Å². The molecule has 0 atom stereocenters. The standard InChI is InChI=1S/C9H9IN2O2/c1-6(13)14-12-9(11)7-2-4-8(10)5-3-7/h2-5H,1H3,(H2,11,12). The molecule has 0 radical (unpaired) electrons. The highest BCUT2D eigenvalue weighted by Gasteiger charge is 1.99. The fourth-order valence-corrected chi connectivity index (χ4v) is 1.15. The third kappa shape index (κ3) is 3.33. The summed E-state index contributed by atoms with van der Waals surface area (Å²) in [5.41, 5.74) is 6.29. The molecule has 0 heterocycles. The second-order valence-electron chi connectivity index (χ2n) is 2.57. The summed E-state index contributed by atoms with van der Waals surface area (Å²) >= 11 is 2.19. The summed E-state index contributed by atoms with van der Waals surface area (Å²) in [7, 11) is 0. The number of oxime groups is 1. The van der Waals surface area contributed by atoms with Crippen LogP contribution in [0.25, 0.3) is 0 Å². The number of nitrogens with two attached hydrogens (primary N) is 1. The molecule has 0 aliphatic heterocycles. The monoisotopic (exact) mass is 304 g/mol. The summed E-state index contributed by atoms with van der Waals surface area (Å²) in [4.78, 5) is 14.9. The quantitative estimate of drug-likeness (QED) is 0.296. The van der Waals surface area contributed by atoms with Crippen LogP contribution in [0, 0.1) is 3.57 Å². The second kappa shape index (κ2) is 4.94. The van der Waals surface area contributed by atoms with Gasteiger partial charge in [-0.05, 0) is 34.7 Å². The lowest BCUT2D eigenvalue weighted by Gasteiger charge is -1.99. The number of halogens is 1. The highest BCUT2D eigenvalue weighted by Crippen LogP contribution is 2.06. The second-order valence-corrected chi connectivity index (χ2v) is 3.81. The van der Waals surface area contributed by atoms with Gasteiger partial charge in [0.05, 0.1) is 0 Å². The van der Waals surface area contributed by atoms with E-state index in [-0.39, 0.29) is 5.84 Å². The van der Waals surface area contributed by atoms with Crippen LogP contribution in [-0.2, 0) is 9.63 Å². The molecular formula is C9H9IN2O2. The number of rotatable bonds is 2. The number of benzene rings is 1. The van der Waals surface area contributed by atoms with Crippen LogP contribution in [0.3, 0.4) is 0 Å². The first-order valence-corrected chi connectivity index (χ1v) is 4.94. The molecule has 0 fully saturated rings. The molecule has 0 saturated carbocycles. The number of nitrogens with zero attached hydrogens (tertiary/aromatic N) is 1. The van der Waals surface area contributed by atoms with Crippen molar-refractivity contribution in [2.45, 2.75) is 6.92 Å². The number of carbonyl (C=O) groups is 1. The van der Waals surface area contributed by atoms with E-state index in [1.54, 1.807) is 0 Å². The normalized spacial score (nSPS) is 11.1. The van der Waals surface area contributed by atoms with Gasteiger partial charge in [-0.2, -0.15) is 0 Å². The zero-order chi connectivity index (χ0) is 10.6. The van der Waals surface area contributed by atoms with Crippen molar-refractivity contribution in [2.75, 3.05) is 0 Å². The van der Waals surface area contributed by atoms with E-state index in [2.05, 4.69) is 32.6 Å². The van der Waals surface area contributed by atoms with Gasteiger partial charge in [0.2, 0.25) is 0 Å². The maximum Gasteiger partial charge on any atom is 0.332 e. The molecule has 1 rings (SSSR count).